The fraction of sp³-hybridized carbons (Fsp3) is 0.138. The molecule has 38 heavy (non-hydrogen) atoms. The maximum absolute atomic E-state index is 13.4. The molecule has 1 aliphatic carbocycles. The molecule has 0 saturated heterocycles. The van der Waals surface area contributed by atoms with Gasteiger partial charge in [0.25, 0.3) is 11.6 Å². The summed E-state index contributed by atoms with van der Waals surface area (Å²) in [5.74, 6) is -1.02. The summed E-state index contributed by atoms with van der Waals surface area (Å²) in [7, 11) is 0. The number of carbonyl (C=O) groups is 2. The monoisotopic (exact) mass is 571 g/mol. The van der Waals surface area contributed by atoms with Crippen molar-refractivity contribution in [2.75, 3.05) is 11.9 Å². The molecule has 0 saturated carbocycles. The number of non-ortho nitro benzene ring substituents is 1. The number of nitro benzene ring substituents is 1. The molecular formula is C29H22BrN3O5. The first kappa shape index (κ1) is 25.3. The number of halogens is 1. The fourth-order valence-corrected chi connectivity index (χ4v) is 4.97. The van der Waals surface area contributed by atoms with Gasteiger partial charge >= 0.3 is 5.97 Å². The number of pyridine rings is 1. The molecule has 190 valence electrons. The number of carbonyl (C=O) groups excluding carboxylic acids is 2. The van der Waals surface area contributed by atoms with Gasteiger partial charge < -0.3 is 10.1 Å². The van der Waals surface area contributed by atoms with Gasteiger partial charge in [0.05, 0.1) is 21.7 Å². The minimum Gasteiger partial charge on any atom is -0.452 e. The van der Waals surface area contributed by atoms with Gasteiger partial charge in [-0.05, 0) is 78.4 Å². The number of allylic oxidation sites excluding steroid dienone is 1. The maximum atomic E-state index is 13.4. The van der Waals surface area contributed by atoms with Crippen LogP contribution in [0.5, 0.6) is 0 Å². The highest BCUT2D eigenvalue weighted by Gasteiger charge is 2.26. The number of nitrogens with one attached hydrogen (secondary N) is 1. The molecule has 1 aliphatic rings. The van der Waals surface area contributed by atoms with Crippen LogP contribution >= 0.6 is 15.9 Å². The minimum absolute atomic E-state index is 0.0225. The van der Waals surface area contributed by atoms with Gasteiger partial charge in [0.2, 0.25) is 0 Å². The zero-order chi connectivity index (χ0) is 26.6. The second-order valence-electron chi connectivity index (χ2n) is 8.84. The molecule has 3 aromatic carbocycles. The molecule has 0 fully saturated rings. The number of ether oxygens (including phenoxy) is 1. The smallest absolute Gasteiger partial charge is 0.339 e. The molecule has 1 heterocycles. The van der Waals surface area contributed by atoms with Gasteiger partial charge in [-0.1, -0.05) is 40.2 Å². The zero-order valence-electron chi connectivity index (χ0n) is 20.1. The molecule has 0 aliphatic heterocycles. The van der Waals surface area contributed by atoms with Crippen LogP contribution in [0, 0.1) is 10.1 Å². The third kappa shape index (κ3) is 5.47. The molecule has 1 N–H and O–H groups in total. The summed E-state index contributed by atoms with van der Waals surface area (Å²) in [6.45, 7) is -0.428. The number of anilines is 1. The molecule has 5 rings (SSSR count). The van der Waals surface area contributed by atoms with Crippen LogP contribution < -0.4 is 5.32 Å². The molecule has 0 unspecified atom stereocenters. The number of benzene rings is 3. The van der Waals surface area contributed by atoms with E-state index < -0.39 is 23.4 Å². The molecule has 4 aromatic rings. The Kier molecular flexibility index (Phi) is 7.28. The Balaban J connectivity index is 1.45. The summed E-state index contributed by atoms with van der Waals surface area (Å²) in [6, 6.07) is 20.8. The van der Waals surface area contributed by atoms with E-state index in [-0.39, 0.29) is 5.69 Å². The summed E-state index contributed by atoms with van der Waals surface area (Å²) in [5.41, 5.74) is 4.90. The van der Waals surface area contributed by atoms with Crippen molar-refractivity contribution < 1.29 is 19.2 Å². The Hall–Kier alpha value is -4.37. The number of rotatable bonds is 6. The zero-order valence-corrected chi connectivity index (χ0v) is 21.7. The normalized spacial score (nSPS) is 13.7. The van der Waals surface area contributed by atoms with Crippen LogP contribution in [0.25, 0.3) is 22.6 Å². The molecule has 0 spiro atoms. The predicted octanol–water partition coefficient (Wildman–Crippen LogP) is 6.58. The van der Waals surface area contributed by atoms with Crippen LogP contribution in [-0.2, 0) is 16.0 Å². The highest BCUT2D eigenvalue weighted by Crippen LogP contribution is 2.36. The number of nitrogens with zero attached hydrogens (tertiary/aromatic N) is 2. The van der Waals surface area contributed by atoms with E-state index in [9.17, 15) is 19.7 Å². The van der Waals surface area contributed by atoms with Crippen LogP contribution in [0.15, 0.2) is 77.3 Å². The lowest BCUT2D eigenvalue weighted by Crippen LogP contribution is -2.22. The van der Waals surface area contributed by atoms with Crippen LogP contribution in [-0.4, -0.2) is 28.4 Å². The Morgan fingerprint density at radius 2 is 1.84 bits per heavy atom. The molecule has 9 heteroatoms. The fourth-order valence-electron chi connectivity index (χ4n) is 4.57. The van der Waals surface area contributed by atoms with Crippen LogP contribution in [0.4, 0.5) is 11.4 Å². The number of para-hydroxylation sites is 1. The van der Waals surface area contributed by atoms with Crippen LogP contribution in [0.3, 0.4) is 0 Å². The van der Waals surface area contributed by atoms with E-state index in [0.717, 1.165) is 34.0 Å². The van der Waals surface area contributed by atoms with Gasteiger partial charge in [-0.2, -0.15) is 0 Å². The Morgan fingerprint density at radius 3 is 2.61 bits per heavy atom. The molecule has 1 amide bonds. The second-order valence-corrected chi connectivity index (χ2v) is 9.75. The van der Waals surface area contributed by atoms with Gasteiger partial charge in [0, 0.05) is 27.7 Å². The Bertz CT molecular complexity index is 1600. The molecule has 0 atom stereocenters. The number of esters is 1. The van der Waals surface area contributed by atoms with Crippen molar-refractivity contribution in [1.29, 1.82) is 0 Å². The van der Waals surface area contributed by atoms with E-state index in [1.807, 2.05) is 36.4 Å². The number of fused-ring (bicyclic) bond motifs is 2. The van der Waals surface area contributed by atoms with Gasteiger partial charge in [0.1, 0.15) is 0 Å². The average molecular weight is 572 g/mol. The topological polar surface area (TPSA) is 111 Å². The first-order chi connectivity index (χ1) is 18.4. The quantitative estimate of drug-likeness (QED) is 0.159. The van der Waals surface area contributed by atoms with Crippen molar-refractivity contribution in [2.45, 2.75) is 19.3 Å². The molecular weight excluding hydrogens is 550 g/mol. The molecule has 0 radical (unpaired) electrons. The number of hydrogen-bond acceptors (Lipinski definition) is 6. The van der Waals surface area contributed by atoms with E-state index in [4.69, 9.17) is 9.72 Å². The molecule has 8 nitrogen and oxygen atoms in total. The predicted molar refractivity (Wildman–Crippen MR) is 149 cm³/mol. The van der Waals surface area contributed by atoms with E-state index in [0.29, 0.717) is 34.3 Å². The van der Waals surface area contributed by atoms with Crippen molar-refractivity contribution in [3.63, 3.8) is 0 Å². The standard InChI is InChI=1S/C29H22BrN3O5/c30-20-6-4-7-21(16-20)31-26(34)17-38-29(35)27-23-8-1-2-10-25(23)32-28-19(5-3-9-24(27)28)15-18-11-13-22(14-12-18)33(36)37/h1-2,4,6-8,10-16H,3,5,9,17H2,(H,31,34). The highest BCUT2D eigenvalue weighted by atomic mass is 79.9. The van der Waals surface area contributed by atoms with E-state index in [2.05, 4.69) is 21.2 Å². The summed E-state index contributed by atoms with van der Waals surface area (Å²) >= 11 is 3.36. The first-order valence-electron chi connectivity index (χ1n) is 12.0. The lowest BCUT2D eigenvalue weighted by atomic mass is 9.86. The summed E-state index contributed by atoms with van der Waals surface area (Å²) in [6.07, 6.45) is 4.14. The number of amides is 1. The minimum atomic E-state index is -0.583. The number of hydrogen-bond donors (Lipinski definition) is 1. The number of nitro groups is 1. The van der Waals surface area contributed by atoms with Crippen molar-refractivity contribution in [1.82, 2.24) is 4.98 Å². The highest BCUT2D eigenvalue weighted by molar-refractivity contribution is 9.10. The van der Waals surface area contributed by atoms with Crippen LogP contribution in [0.1, 0.15) is 40.0 Å². The van der Waals surface area contributed by atoms with Crippen molar-refractivity contribution in [2.24, 2.45) is 0 Å². The van der Waals surface area contributed by atoms with Crippen LogP contribution in [0.2, 0.25) is 0 Å². The van der Waals surface area contributed by atoms with Gasteiger partial charge in [0.15, 0.2) is 6.61 Å². The molecule has 1 aromatic heterocycles. The Morgan fingerprint density at radius 1 is 1.05 bits per heavy atom. The summed E-state index contributed by atoms with van der Waals surface area (Å²) in [5, 5.41) is 14.4. The van der Waals surface area contributed by atoms with Crippen molar-refractivity contribution >= 4 is 61.7 Å². The first-order valence-corrected chi connectivity index (χ1v) is 12.8. The van der Waals surface area contributed by atoms with E-state index in [1.165, 1.54) is 12.1 Å². The third-order valence-corrected chi connectivity index (χ3v) is 6.76. The van der Waals surface area contributed by atoms with Gasteiger partial charge in [-0.25, -0.2) is 9.78 Å². The van der Waals surface area contributed by atoms with Crippen molar-refractivity contribution in [3.05, 3.63) is 110 Å². The molecule has 0 bridgehead atoms. The second kappa shape index (κ2) is 10.9. The number of aromatic nitrogens is 1. The Labute approximate surface area is 226 Å². The SMILES string of the molecule is O=C(COC(=O)c1c2c(nc3ccccc13)C(=Cc1ccc([N+](=O)[O-])cc1)CCC2)Nc1cccc(Br)c1. The summed E-state index contributed by atoms with van der Waals surface area (Å²) in [4.78, 5) is 41.3. The van der Waals surface area contributed by atoms with E-state index >= 15 is 0 Å². The van der Waals surface area contributed by atoms with Gasteiger partial charge in [-0.3, -0.25) is 14.9 Å². The maximum Gasteiger partial charge on any atom is 0.339 e. The lowest BCUT2D eigenvalue weighted by molar-refractivity contribution is -0.384. The summed E-state index contributed by atoms with van der Waals surface area (Å²) < 4.78 is 6.30. The third-order valence-electron chi connectivity index (χ3n) is 6.26. The average Bonchev–Trinajstić information content (AvgIpc) is 2.91. The lowest BCUT2D eigenvalue weighted by Gasteiger charge is -2.22. The van der Waals surface area contributed by atoms with Gasteiger partial charge in [-0.15, -0.1) is 0 Å². The van der Waals surface area contributed by atoms with E-state index in [1.54, 1.807) is 30.3 Å². The largest absolute Gasteiger partial charge is 0.452 e. The van der Waals surface area contributed by atoms with Crippen molar-refractivity contribution in [3.8, 4) is 0 Å².